The van der Waals surface area contributed by atoms with Crippen LogP contribution in [0.25, 0.3) is 0 Å². The molecular weight excluding hydrogens is 404 g/mol. The number of para-hydroxylation sites is 1. The zero-order valence-electron chi connectivity index (χ0n) is 16.2. The Balaban J connectivity index is 1.64. The van der Waals surface area contributed by atoms with Gasteiger partial charge >= 0.3 is 0 Å². The van der Waals surface area contributed by atoms with Crippen molar-refractivity contribution in [2.24, 2.45) is 0 Å². The Hall–Kier alpha value is -2.77. The smallest absolute Gasteiger partial charge is 0.261 e. The van der Waals surface area contributed by atoms with Crippen LogP contribution < -0.4 is 10.0 Å². The monoisotopic (exact) mass is 426 g/mol. The number of aryl methyl sites for hydroxylation is 2. The second-order valence-electron chi connectivity index (χ2n) is 6.55. The number of carbonyl (C=O) groups excluding carboxylic acids is 1. The van der Waals surface area contributed by atoms with Crippen molar-refractivity contribution in [1.29, 1.82) is 0 Å². The van der Waals surface area contributed by atoms with Crippen molar-refractivity contribution in [1.82, 2.24) is 0 Å². The van der Waals surface area contributed by atoms with Gasteiger partial charge in [-0.1, -0.05) is 36.4 Å². The van der Waals surface area contributed by atoms with Crippen LogP contribution in [0, 0.1) is 13.8 Å². The molecule has 2 N–H and O–H groups in total. The van der Waals surface area contributed by atoms with E-state index < -0.39 is 10.0 Å². The molecule has 150 valence electrons. The lowest BCUT2D eigenvalue weighted by Crippen LogP contribution is -2.16. The third-order valence-corrected chi connectivity index (χ3v) is 6.66. The molecule has 0 heterocycles. The van der Waals surface area contributed by atoms with E-state index in [4.69, 9.17) is 0 Å². The fraction of sp³-hybridized carbons (Fsp3) is 0.136. The first-order valence-corrected chi connectivity index (χ1v) is 11.5. The highest BCUT2D eigenvalue weighted by atomic mass is 32.2. The molecule has 0 atom stereocenters. The van der Waals surface area contributed by atoms with Crippen LogP contribution in [0.4, 0.5) is 11.4 Å². The average Bonchev–Trinajstić information content (AvgIpc) is 2.71. The molecule has 29 heavy (non-hydrogen) atoms. The third kappa shape index (κ3) is 5.62. The quantitative estimate of drug-likeness (QED) is 0.531. The molecule has 5 nitrogen and oxygen atoms in total. The highest BCUT2D eigenvalue weighted by Gasteiger charge is 2.16. The summed E-state index contributed by atoms with van der Waals surface area (Å²) in [6.45, 7) is 3.72. The lowest BCUT2D eigenvalue weighted by Gasteiger charge is -2.13. The van der Waals surface area contributed by atoms with Gasteiger partial charge in [0.1, 0.15) is 0 Å². The molecule has 3 rings (SSSR count). The minimum atomic E-state index is -3.72. The van der Waals surface area contributed by atoms with E-state index in [2.05, 4.69) is 10.0 Å². The van der Waals surface area contributed by atoms with E-state index in [0.717, 1.165) is 16.0 Å². The summed E-state index contributed by atoms with van der Waals surface area (Å²) in [6, 6.07) is 21.4. The topological polar surface area (TPSA) is 75.3 Å². The SMILES string of the molecule is Cc1cccc(C)c1NS(=O)(=O)c1ccc(NC(=O)CSc2ccccc2)cc1. The fourth-order valence-corrected chi connectivity index (χ4v) is 4.67. The van der Waals surface area contributed by atoms with Crippen LogP contribution in [0.3, 0.4) is 0 Å². The number of thioether (sulfide) groups is 1. The van der Waals surface area contributed by atoms with E-state index >= 15 is 0 Å². The normalized spacial score (nSPS) is 11.1. The predicted molar refractivity (Wildman–Crippen MR) is 119 cm³/mol. The lowest BCUT2D eigenvalue weighted by atomic mass is 10.1. The molecule has 0 radical (unpaired) electrons. The first-order valence-electron chi connectivity index (χ1n) is 9.02. The van der Waals surface area contributed by atoms with Crippen molar-refractivity contribution in [3.63, 3.8) is 0 Å². The Morgan fingerprint density at radius 2 is 1.48 bits per heavy atom. The lowest BCUT2D eigenvalue weighted by molar-refractivity contribution is -0.113. The van der Waals surface area contributed by atoms with Crippen molar-refractivity contribution in [2.45, 2.75) is 23.6 Å². The van der Waals surface area contributed by atoms with Crippen LogP contribution in [-0.4, -0.2) is 20.1 Å². The third-order valence-electron chi connectivity index (χ3n) is 4.28. The van der Waals surface area contributed by atoms with E-state index in [0.29, 0.717) is 11.4 Å². The maximum atomic E-state index is 12.7. The number of carbonyl (C=O) groups is 1. The number of anilines is 2. The van der Waals surface area contributed by atoms with Crippen LogP contribution in [0.2, 0.25) is 0 Å². The molecule has 0 spiro atoms. The molecule has 3 aromatic carbocycles. The average molecular weight is 427 g/mol. The van der Waals surface area contributed by atoms with Crippen LogP contribution in [-0.2, 0) is 14.8 Å². The summed E-state index contributed by atoms with van der Waals surface area (Å²) in [5.74, 6) is 0.126. The van der Waals surface area contributed by atoms with E-state index in [1.54, 1.807) is 12.1 Å². The highest BCUT2D eigenvalue weighted by molar-refractivity contribution is 8.00. The first-order chi connectivity index (χ1) is 13.8. The van der Waals surface area contributed by atoms with Gasteiger partial charge in [-0.25, -0.2) is 8.42 Å². The molecule has 7 heteroatoms. The Morgan fingerprint density at radius 1 is 0.862 bits per heavy atom. The largest absolute Gasteiger partial charge is 0.325 e. The summed E-state index contributed by atoms with van der Waals surface area (Å²) in [5.41, 5.74) is 2.85. The van der Waals surface area contributed by atoms with Crippen molar-refractivity contribution in [2.75, 3.05) is 15.8 Å². The Morgan fingerprint density at radius 3 is 2.10 bits per heavy atom. The first kappa shape index (κ1) is 21.0. The van der Waals surface area contributed by atoms with Gasteiger partial charge in [0.25, 0.3) is 10.0 Å². The summed E-state index contributed by atoms with van der Waals surface area (Å²) >= 11 is 1.44. The second-order valence-corrected chi connectivity index (χ2v) is 9.28. The number of rotatable bonds is 7. The van der Waals surface area contributed by atoms with Gasteiger partial charge in [0.15, 0.2) is 0 Å². The molecule has 0 unspecified atom stereocenters. The van der Waals surface area contributed by atoms with E-state index in [9.17, 15) is 13.2 Å². The number of benzene rings is 3. The zero-order valence-corrected chi connectivity index (χ0v) is 17.8. The van der Waals surface area contributed by atoms with Gasteiger partial charge in [-0.05, 0) is 61.4 Å². The summed E-state index contributed by atoms with van der Waals surface area (Å²) in [6.07, 6.45) is 0. The second kappa shape index (κ2) is 9.15. The fourth-order valence-electron chi connectivity index (χ4n) is 2.75. The van der Waals surface area contributed by atoms with Gasteiger partial charge < -0.3 is 5.32 Å². The number of nitrogens with one attached hydrogen (secondary N) is 2. The van der Waals surface area contributed by atoms with Crippen LogP contribution in [0.15, 0.2) is 82.6 Å². The van der Waals surface area contributed by atoms with Gasteiger partial charge in [0, 0.05) is 10.6 Å². The van der Waals surface area contributed by atoms with Crippen molar-refractivity contribution in [3.8, 4) is 0 Å². The Bertz CT molecular complexity index is 1080. The van der Waals surface area contributed by atoms with Crippen LogP contribution in [0.5, 0.6) is 0 Å². The molecule has 1 amide bonds. The van der Waals surface area contributed by atoms with Gasteiger partial charge in [0.2, 0.25) is 5.91 Å². The molecule has 0 fully saturated rings. The van der Waals surface area contributed by atoms with E-state index in [-0.39, 0.29) is 16.6 Å². The molecular formula is C22H22N2O3S2. The molecule has 0 saturated heterocycles. The maximum Gasteiger partial charge on any atom is 0.261 e. The minimum absolute atomic E-state index is 0.136. The number of sulfonamides is 1. The van der Waals surface area contributed by atoms with Gasteiger partial charge in [-0.15, -0.1) is 11.8 Å². The molecule has 0 aliphatic rings. The van der Waals surface area contributed by atoms with Crippen molar-refractivity contribution >= 4 is 39.1 Å². The van der Waals surface area contributed by atoms with E-state index in [1.807, 2.05) is 62.4 Å². The molecule has 0 saturated carbocycles. The van der Waals surface area contributed by atoms with Gasteiger partial charge in [-0.2, -0.15) is 0 Å². The standard InChI is InChI=1S/C22H22N2O3S2/c1-16-7-6-8-17(2)22(16)24-29(26,27)20-13-11-18(12-14-20)23-21(25)15-28-19-9-4-3-5-10-19/h3-14,24H,15H2,1-2H3,(H,23,25). The number of hydrogen-bond acceptors (Lipinski definition) is 4. The van der Waals surface area contributed by atoms with Crippen LogP contribution >= 0.6 is 11.8 Å². The number of hydrogen-bond donors (Lipinski definition) is 2. The van der Waals surface area contributed by atoms with Crippen LogP contribution in [0.1, 0.15) is 11.1 Å². The minimum Gasteiger partial charge on any atom is -0.325 e. The molecule has 0 bridgehead atoms. The molecule has 0 aliphatic carbocycles. The highest BCUT2D eigenvalue weighted by Crippen LogP contribution is 2.24. The summed E-state index contributed by atoms with van der Waals surface area (Å²) in [7, 11) is -3.72. The Labute approximate surface area is 175 Å². The molecule has 3 aromatic rings. The van der Waals surface area contributed by atoms with Gasteiger partial charge in [-0.3, -0.25) is 9.52 Å². The van der Waals surface area contributed by atoms with Crippen molar-refractivity contribution < 1.29 is 13.2 Å². The molecule has 0 aromatic heterocycles. The maximum absolute atomic E-state index is 12.7. The molecule has 0 aliphatic heterocycles. The summed E-state index contributed by atoms with van der Waals surface area (Å²) in [5, 5.41) is 2.78. The zero-order chi connectivity index (χ0) is 20.9. The van der Waals surface area contributed by atoms with Gasteiger partial charge in [0.05, 0.1) is 16.3 Å². The number of amides is 1. The van der Waals surface area contributed by atoms with Crippen molar-refractivity contribution in [3.05, 3.63) is 83.9 Å². The van der Waals surface area contributed by atoms with E-state index in [1.165, 1.54) is 23.9 Å². The Kier molecular flexibility index (Phi) is 6.61. The summed E-state index contributed by atoms with van der Waals surface area (Å²) < 4.78 is 28.0. The predicted octanol–water partition coefficient (Wildman–Crippen LogP) is 4.84. The summed E-state index contributed by atoms with van der Waals surface area (Å²) in [4.78, 5) is 13.3.